The lowest BCUT2D eigenvalue weighted by molar-refractivity contribution is 0.789. The van der Waals surface area contributed by atoms with Gasteiger partial charge in [0, 0.05) is 17.8 Å². The number of halogens is 1. The molecule has 4 nitrogen and oxygen atoms in total. The van der Waals surface area contributed by atoms with Crippen molar-refractivity contribution >= 4 is 17.3 Å². The standard InChI is InChI=1S/C11H13ClN4/c1-8-14-15-11(16(8)2)7-13-10-5-3-4-9(12)6-10/h3-6,13H,7H2,1-2H3. The zero-order valence-electron chi connectivity index (χ0n) is 9.24. The van der Waals surface area contributed by atoms with E-state index in [9.17, 15) is 0 Å². The summed E-state index contributed by atoms with van der Waals surface area (Å²) in [7, 11) is 1.95. The van der Waals surface area contributed by atoms with Crippen molar-refractivity contribution in [2.24, 2.45) is 7.05 Å². The molecule has 0 saturated heterocycles. The zero-order valence-corrected chi connectivity index (χ0v) is 9.99. The van der Waals surface area contributed by atoms with E-state index in [4.69, 9.17) is 11.6 Å². The quantitative estimate of drug-likeness (QED) is 0.890. The molecule has 0 aliphatic carbocycles. The van der Waals surface area contributed by atoms with E-state index in [1.54, 1.807) is 0 Å². The molecular weight excluding hydrogens is 224 g/mol. The van der Waals surface area contributed by atoms with Crippen molar-refractivity contribution in [2.45, 2.75) is 13.5 Å². The Hall–Kier alpha value is -1.55. The van der Waals surface area contributed by atoms with Gasteiger partial charge in [-0.05, 0) is 25.1 Å². The Bertz CT molecular complexity index is 492. The van der Waals surface area contributed by atoms with E-state index in [1.165, 1.54) is 0 Å². The molecule has 0 spiro atoms. The van der Waals surface area contributed by atoms with Gasteiger partial charge in [-0.25, -0.2) is 0 Å². The van der Waals surface area contributed by atoms with E-state index < -0.39 is 0 Å². The molecule has 0 aliphatic rings. The Balaban J connectivity index is 2.05. The lowest BCUT2D eigenvalue weighted by Gasteiger charge is -2.06. The van der Waals surface area contributed by atoms with E-state index in [0.717, 1.165) is 22.4 Å². The van der Waals surface area contributed by atoms with Gasteiger partial charge in [0.25, 0.3) is 0 Å². The van der Waals surface area contributed by atoms with Crippen LogP contribution in [-0.4, -0.2) is 14.8 Å². The van der Waals surface area contributed by atoms with Crippen LogP contribution in [0.15, 0.2) is 24.3 Å². The fourth-order valence-electron chi connectivity index (χ4n) is 1.38. The highest BCUT2D eigenvalue weighted by Crippen LogP contribution is 2.15. The molecule has 16 heavy (non-hydrogen) atoms. The van der Waals surface area contributed by atoms with E-state index in [-0.39, 0.29) is 0 Å². The molecule has 2 rings (SSSR count). The SMILES string of the molecule is Cc1nnc(CNc2cccc(Cl)c2)n1C. The normalized spacial score (nSPS) is 10.4. The van der Waals surface area contributed by atoms with Crippen molar-refractivity contribution < 1.29 is 0 Å². The number of benzene rings is 1. The Labute approximate surface area is 99.3 Å². The molecule has 0 unspecified atom stereocenters. The maximum atomic E-state index is 5.89. The molecule has 0 atom stereocenters. The Morgan fingerprint density at radius 3 is 2.81 bits per heavy atom. The summed E-state index contributed by atoms with van der Waals surface area (Å²) in [4.78, 5) is 0. The number of anilines is 1. The van der Waals surface area contributed by atoms with Crippen LogP contribution >= 0.6 is 11.6 Å². The highest BCUT2D eigenvalue weighted by Gasteiger charge is 2.03. The van der Waals surface area contributed by atoms with Gasteiger partial charge >= 0.3 is 0 Å². The van der Waals surface area contributed by atoms with Crippen LogP contribution in [0.5, 0.6) is 0 Å². The van der Waals surface area contributed by atoms with Crippen molar-refractivity contribution in [1.82, 2.24) is 14.8 Å². The highest BCUT2D eigenvalue weighted by atomic mass is 35.5. The van der Waals surface area contributed by atoms with Crippen molar-refractivity contribution in [3.63, 3.8) is 0 Å². The second-order valence-electron chi connectivity index (χ2n) is 3.59. The first-order chi connectivity index (χ1) is 7.66. The minimum absolute atomic E-state index is 0.637. The van der Waals surface area contributed by atoms with Crippen LogP contribution < -0.4 is 5.32 Å². The summed E-state index contributed by atoms with van der Waals surface area (Å²) in [6, 6.07) is 7.60. The van der Waals surface area contributed by atoms with Crippen LogP contribution in [0.25, 0.3) is 0 Å². The Morgan fingerprint density at radius 2 is 2.19 bits per heavy atom. The van der Waals surface area contributed by atoms with E-state index in [0.29, 0.717) is 6.54 Å². The molecule has 0 radical (unpaired) electrons. The van der Waals surface area contributed by atoms with Gasteiger partial charge in [0.2, 0.25) is 0 Å². The van der Waals surface area contributed by atoms with Crippen LogP contribution in [0.3, 0.4) is 0 Å². The van der Waals surface area contributed by atoms with Gasteiger partial charge in [-0.15, -0.1) is 10.2 Å². The predicted molar refractivity (Wildman–Crippen MR) is 64.5 cm³/mol. The van der Waals surface area contributed by atoms with Gasteiger partial charge in [-0.3, -0.25) is 0 Å². The molecule has 0 saturated carbocycles. The third kappa shape index (κ3) is 2.33. The first-order valence-electron chi connectivity index (χ1n) is 5.01. The number of hydrogen-bond donors (Lipinski definition) is 1. The zero-order chi connectivity index (χ0) is 11.5. The summed E-state index contributed by atoms with van der Waals surface area (Å²) in [6.07, 6.45) is 0. The van der Waals surface area contributed by atoms with Gasteiger partial charge in [0.15, 0.2) is 5.82 Å². The summed E-state index contributed by atoms with van der Waals surface area (Å²) in [5.41, 5.74) is 0.980. The molecule has 0 amide bonds. The van der Waals surface area contributed by atoms with Crippen molar-refractivity contribution in [3.8, 4) is 0 Å². The average molecular weight is 237 g/mol. The summed E-state index contributed by atoms with van der Waals surface area (Å²) < 4.78 is 1.96. The molecule has 0 bridgehead atoms. The maximum Gasteiger partial charge on any atom is 0.152 e. The van der Waals surface area contributed by atoms with E-state index in [2.05, 4.69) is 15.5 Å². The number of aryl methyl sites for hydroxylation is 1. The fourth-order valence-corrected chi connectivity index (χ4v) is 1.57. The van der Waals surface area contributed by atoms with Crippen LogP contribution in [0.4, 0.5) is 5.69 Å². The van der Waals surface area contributed by atoms with Crippen molar-refractivity contribution in [2.75, 3.05) is 5.32 Å². The third-order valence-corrected chi connectivity index (χ3v) is 2.69. The minimum atomic E-state index is 0.637. The summed E-state index contributed by atoms with van der Waals surface area (Å²) >= 11 is 5.89. The highest BCUT2D eigenvalue weighted by molar-refractivity contribution is 6.30. The molecule has 1 aromatic heterocycles. The molecule has 0 fully saturated rings. The lowest BCUT2D eigenvalue weighted by Crippen LogP contribution is -2.06. The fraction of sp³-hybridized carbons (Fsp3) is 0.273. The predicted octanol–water partition coefficient (Wildman–Crippen LogP) is 2.39. The minimum Gasteiger partial charge on any atom is -0.378 e. The second kappa shape index (κ2) is 4.53. The topological polar surface area (TPSA) is 42.7 Å². The lowest BCUT2D eigenvalue weighted by atomic mass is 10.3. The smallest absolute Gasteiger partial charge is 0.152 e. The Kier molecular flexibility index (Phi) is 3.10. The largest absolute Gasteiger partial charge is 0.378 e. The molecule has 5 heteroatoms. The van der Waals surface area contributed by atoms with E-state index in [1.807, 2.05) is 42.8 Å². The van der Waals surface area contributed by atoms with Gasteiger partial charge < -0.3 is 9.88 Å². The molecule has 1 heterocycles. The average Bonchev–Trinajstić information content (AvgIpc) is 2.57. The first-order valence-corrected chi connectivity index (χ1v) is 5.39. The van der Waals surface area contributed by atoms with Gasteiger partial charge in [0.1, 0.15) is 5.82 Å². The van der Waals surface area contributed by atoms with Crippen molar-refractivity contribution in [3.05, 3.63) is 40.9 Å². The van der Waals surface area contributed by atoms with Gasteiger partial charge in [0.05, 0.1) is 6.54 Å². The number of nitrogens with zero attached hydrogens (tertiary/aromatic N) is 3. The number of hydrogen-bond acceptors (Lipinski definition) is 3. The third-order valence-electron chi connectivity index (χ3n) is 2.46. The molecule has 2 aromatic rings. The molecule has 1 aromatic carbocycles. The molecule has 84 valence electrons. The number of rotatable bonds is 3. The van der Waals surface area contributed by atoms with Crippen LogP contribution in [-0.2, 0) is 13.6 Å². The van der Waals surface area contributed by atoms with Crippen molar-refractivity contribution in [1.29, 1.82) is 0 Å². The maximum absolute atomic E-state index is 5.89. The molecular formula is C11H13ClN4. The summed E-state index contributed by atoms with van der Waals surface area (Å²) in [5.74, 6) is 1.81. The molecule has 1 N–H and O–H groups in total. The first kappa shape index (κ1) is 11.0. The second-order valence-corrected chi connectivity index (χ2v) is 4.02. The van der Waals surface area contributed by atoms with Gasteiger partial charge in [-0.1, -0.05) is 17.7 Å². The molecule has 0 aliphatic heterocycles. The van der Waals surface area contributed by atoms with Gasteiger partial charge in [-0.2, -0.15) is 0 Å². The number of aromatic nitrogens is 3. The summed E-state index contributed by atoms with van der Waals surface area (Å²) in [5, 5.41) is 12.0. The van der Waals surface area contributed by atoms with Crippen LogP contribution in [0, 0.1) is 6.92 Å². The summed E-state index contributed by atoms with van der Waals surface area (Å²) in [6.45, 7) is 2.56. The Morgan fingerprint density at radius 1 is 1.38 bits per heavy atom. The van der Waals surface area contributed by atoms with E-state index >= 15 is 0 Å². The van der Waals surface area contributed by atoms with Crippen LogP contribution in [0.2, 0.25) is 5.02 Å². The monoisotopic (exact) mass is 236 g/mol. The van der Waals surface area contributed by atoms with Crippen LogP contribution in [0.1, 0.15) is 11.6 Å². The number of nitrogens with one attached hydrogen (secondary N) is 1.